The Morgan fingerprint density at radius 3 is 1.52 bits per heavy atom. The maximum Gasteiger partial charge on any atom is 0.0420 e. The summed E-state index contributed by atoms with van der Waals surface area (Å²) in [5.74, 6) is 0. The van der Waals surface area contributed by atoms with E-state index in [1.807, 2.05) is 0 Å². The van der Waals surface area contributed by atoms with Gasteiger partial charge >= 0.3 is 0 Å². The van der Waals surface area contributed by atoms with Crippen LogP contribution in [0.15, 0.2) is 48.5 Å². The molecule has 4 N–H and O–H groups in total. The maximum absolute atomic E-state index is 3.64. The highest BCUT2D eigenvalue weighted by Gasteiger charge is 2.06. The normalized spacial score (nSPS) is 17.3. The second-order valence-electron chi connectivity index (χ2n) is 7.32. The van der Waals surface area contributed by atoms with Gasteiger partial charge in [0.1, 0.15) is 0 Å². The van der Waals surface area contributed by atoms with Crippen molar-refractivity contribution in [1.29, 1.82) is 0 Å². The van der Waals surface area contributed by atoms with Gasteiger partial charge in [-0.3, -0.25) is 0 Å². The Morgan fingerprint density at radius 1 is 0.519 bits per heavy atom. The molecule has 0 aromatic heterocycles. The molecule has 1 aliphatic rings. The Kier molecular flexibility index (Phi) is 6.07. The van der Waals surface area contributed by atoms with Crippen LogP contribution in [0.1, 0.15) is 19.3 Å². The molecule has 2 bridgehead atoms. The van der Waals surface area contributed by atoms with Crippen molar-refractivity contribution in [3.8, 4) is 0 Å². The van der Waals surface area contributed by atoms with Gasteiger partial charge in [-0.05, 0) is 80.5 Å². The fourth-order valence-electron chi connectivity index (χ4n) is 3.82. The van der Waals surface area contributed by atoms with Crippen LogP contribution >= 0.6 is 0 Å². The highest BCUT2D eigenvalue weighted by Crippen LogP contribution is 2.32. The van der Waals surface area contributed by atoms with Crippen molar-refractivity contribution in [2.24, 2.45) is 0 Å². The molecule has 0 saturated carbocycles. The van der Waals surface area contributed by atoms with Crippen molar-refractivity contribution in [3.63, 3.8) is 0 Å². The number of rotatable bonds is 0. The largest absolute Gasteiger partial charge is 0.384 e. The summed E-state index contributed by atoms with van der Waals surface area (Å²) in [6, 6.07) is 17.8. The van der Waals surface area contributed by atoms with Crippen molar-refractivity contribution in [1.82, 2.24) is 10.6 Å². The minimum atomic E-state index is 0.988. The van der Waals surface area contributed by atoms with Crippen LogP contribution in [-0.2, 0) is 0 Å². The molecule has 0 unspecified atom stereocenters. The molecule has 3 aromatic rings. The average molecular weight is 363 g/mol. The summed E-state index contributed by atoms with van der Waals surface area (Å²) in [4.78, 5) is 0. The first-order valence-corrected chi connectivity index (χ1v) is 10.3. The van der Waals surface area contributed by atoms with Gasteiger partial charge in [-0.25, -0.2) is 0 Å². The summed E-state index contributed by atoms with van der Waals surface area (Å²) >= 11 is 0. The second kappa shape index (κ2) is 9.07. The first kappa shape index (κ1) is 18.1. The van der Waals surface area contributed by atoms with E-state index in [9.17, 15) is 0 Å². The average Bonchev–Trinajstić information content (AvgIpc) is 2.69. The van der Waals surface area contributed by atoms with E-state index in [0.29, 0.717) is 0 Å². The predicted molar refractivity (Wildman–Crippen MR) is 118 cm³/mol. The quantitative estimate of drug-likeness (QED) is 0.453. The number of hydrogen-bond acceptors (Lipinski definition) is 4. The Labute approximate surface area is 161 Å². The lowest BCUT2D eigenvalue weighted by atomic mass is 10.0. The maximum atomic E-state index is 3.64. The highest BCUT2D eigenvalue weighted by atomic mass is 14.9. The van der Waals surface area contributed by atoms with E-state index in [4.69, 9.17) is 0 Å². The first-order chi connectivity index (χ1) is 13.4. The minimum absolute atomic E-state index is 0.988. The zero-order valence-electron chi connectivity index (χ0n) is 16.0. The van der Waals surface area contributed by atoms with Crippen LogP contribution < -0.4 is 21.3 Å². The van der Waals surface area contributed by atoms with Gasteiger partial charge in [0.25, 0.3) is 0 Å². The SMILES string of the molecule is c1cc2c3cc4c(cccc4cc3c1)NCCCNCCCNCCCN2. The monoisotopic (exact) mass is 362 g/mol. The molecule has 27 heavy (non-hydrogen) atoms. The predicted octanol–water partition coefficient (Wildman–Crippen LogP) is 4.18. The molecule has 4 nitrogen and oxygen atoms in total. The third kappa shape index (κ3) is 4.52. The van der Waals surface area contributed by atoms with Gasteiger partial charge in [-0.2, -0.15) is 0 Å². The van der Waals surface area contributed by atoms with Gasteiger partial charge in [-0.15, -0.1) is 0 Å². The Morgan fingerprint density at radius 2 is 1.00 bits per heavy atom. The van der Waals surface area contributed by atoms with Crippen LogP contribution in [0.3, 0.4) is 0 Å². The van der Waals surface area contributed by atoms with Crippen molar-refractivity contribution in [2.75, 3.05) is 49.9 Å². The van der Waals surface area contributed by atoms with Gasteiger partial charge in [0.05, 0.1) is 0 Å². The molecule has 1 aliphatic heterocycles. The number of nitrogens with one attached hydrogen (secondary N) is 4. The molecular weight excluding hydrogens is 332 g/mol. The van der Waals surface area contributed by atoms with Gasteiger partial charge in [-0.1, -0.05) is 24.3 Å². The summed E-state index contributed by atoms with van der Waals surface area (Å²) in [5.41, 5.74) is 2.46. The Balaban J connectivity index is 1.66. The molecule has 0 fully saturated rings. The smallest absolute Gasteiger partial charge is 0.0420 e. The van der Waals surface area contributed by atoms with E-state index in [1.54, 1.807) is 0 Å². The molecule has 1 heterocycles. The molecule has 3 aromatic carbocycles. The van der Waals surface area contributed by atoms with Gasteiger partial charge in [0, 0.05) is 35.2 Å². The number of hydrogen-bond donors (Lipinski definition) is 4. The van der Waals surface area contributed by atoms with Crippen molar-refractivity contribution in [3.05, 3.63) is 48.5 Å². The van der Waals surface area contributed by atoms with E-state index < -0.39 is 0 Å². The molecule has 4 rings (SSSR count). The van der Waals surface area contributed by atoms with Crippen LogP contribution in [0, 0.1) is 0 Å². The summed E-state index contributed by atoms with van der Waals surface area (Å²) < 4.78 is 0. The van der Waals surface area contributed by atoms with Gasteiger partial charge in [0.2, 0.25) is 0 Å². The van der Waals surface area contributed by atoms with Crippen LogP contribution in [0.2, 0.25) is 0 Å². The van der Waals surface area contributed by atoms with Crippen LogP contribution in [0.25, 0.3) is 21.5 Å². The van der Waals surface area contributed by atoms with Crippen molar-refractivity contribution in [2.45, 2.75) is 19.3 Å². The highest BCUT2D eigenvalue weighted by molar-refractivity contribution is 6.07. The Bertz CT molecular complexity index is 821. The Hall–Kier alpha value is -2.30. The number of benzene rings is 3. The lowest BCUT2D eigenvalue weighted by Crippen LogP contribution is -2.25. The third-order valence-electron chi connectivity index (χ3n) is 5.28. The van der Waals surface area contributed by atoms with Crippen molar-refractivity contribution < 1.29 is 0 Å². The summed E-state index contributed by atoms with van der Waals surface area (Å²) in [5, 5.41) is 19.6. The van der Waals surface area contributed by atoms with Crippen LogP contribution in [0.4, 0.5) is 11.4 Å². The van der Waals surface area contributed by atoms with E-state index in [2.05, 4.69) is 69.8 Å². The molecular formula is C23H30N4. The standard InChI is InChI=1S/C23H30N4/c1-6-18-16-19-7-2-9-23-21(19)17-20(18)22(8-1)26-14-4-12-24-10-3-11-25-13-5-15-27-23/h1-2,6-9,16-17,24-27H,3-5,10-15H2. The fraction of sp³-hybridized carbons (Fsp3) is 0.391. The number of anilines is 2. The van der Waals surface area contributed by atoms with Gasteiger partial charge < -0.3 is 21.3 Å². The van der Waals surface area contributed by atoms with E-state index in [0.717, 1.165) is 52.1 Å². The summed E-state index contributed by atoms with van der Waals surface area (Å²) in [6.07, 6.45) is 3.44. The zero-order chi connectivity index (χ0) is 18.3. The second-order valence-corrected chi connectivity index (χ2v) is 7.32. The first-order valence-electron chi connectivity index (χ1n) is 10.3. The molecule has 0 aliphatic carbocycles. The molecule has 0 amide bonds. The van der Waals surface area contributed by atoms with E-state index >= 15 is 0 Å². The lowest BCUT2D eigenvalue weighted by molar-refractivity contribution is 0.583. The topological polar surface area (TPSA) is 48.1 Å². The summed E-state index contributed by atoms with van der Waals surface area (Å²) in [6.45, 7) is 6.28. The molecule has 142 valence electrons. The third-order valence-corrected chi connectivity index (χ3v) is 5.28. The molecule has 4 heteroatoms. The minimum Gasteiger partial charge on any atom is -0.384 e. The fourth-order valence-corrected chi connectivity index (χ4v) is 3.82. The zero-order valence-corrected chi connectivity index (χ0v) is 16.0. The lowest BCUT2D eigenvalue weighted by Gasteiger charge is -2.14. The van der Waals surface area contributed by atoms with Crippen LogP contribution in [-0.4, -0.2) is 39.3 Å². The summed E-state index contributed by atoms with van der Waals surface area (Å²) in [7, 11) is 0. The van der Waals surface area contributed by atoms with E-state index in [1.165, 1.54) is 39.3 Å². The molecule has 0 radical (unpaired) electrons. The molecule has 0 saturated heterocycles. The molecule has 0 spiro atoms. The van der Waals surface area contributed by atoms with Gasteiger partial charge in [0.15, 0.2) is 0 Å². The van der Waals surface area contributed by atoms with Crippen LogP contribution in [0.5, 0.6) is 0 Å². The molecule has 0 atom stereocenters. The van der Waals surface area contributed by atoms with E-state index in [-0.39, 0.29) is 0 Å². The van der Waals surface area contributed by atoms with Crippen molar-refractivity contribution >= 4 is 32.9 Å².